The fraction of sp³-hybridized carbons (Fsp3) is 0. The maximum Gasteiger partial charge on any atom is -0.000138 e. The Bertz CT molecular complexity index is 2690. The Morgan fingerprint density at radius 2 is 0.889 bits per heavy atom. The van der Waals surface area contributed by atoms with Gasteiger partial charge < -0.3 is 0 Å². The van der Waals surface area contributed by atoms with E-state index >= 15 is 0 Å². The molecule has 7 aromatic rings. The molecular weight excluding hydrogens is 649 g/mol. The lowest BCUT2D eigenvalue weighted by atomic mass is 9.76. The number of rotatable bonds is 12. The summed E-state index contributed by atoms with van der Waals surface area (Å²) in [4.78, 5) is 0. The largest absolute Gasteiger partial charge is 0.0991 e. The van der Waals surface area contributed by atoms with E-state index in [1.807, 2.05) is 36.4 Å². The van der Waals surface area contributed by atoms with Gasteiger partial charge in [-0.1, -0.05) is 221 Å². The minimum absolute atomic E-state index is 0.856. The standard InChI is InChI=1S/C54H42/c1-6-9-25-38(4)37-43(26-10-7-2)52-46-34-21-20-33-45(46)49(39(5)44(24-8-3)40-27-14-11-15-28-40)53-50(41-29-16-12-17-30-41)47-35-22-23-36-48(47)51(54(52)53)42-31-18-13-19-32-42/h6-37H,1-5H2. The lowest BCUT2D eigenvalue weighted by Gasteiger charge is -2.26. The number of hydrogen-bond acceptors (Lipinski definition) is 0. The molecule has 258 valence electrons. The van der Waals surface area contributed by atoms with Crippen LogP contribution in [0.3, 0.4) is 0 Å². The summed E-state index contributed by atoms with van der Waals surface area (Å²) >= 11 is 0. The van der Waals surface area contributed by atoms with Gasteiger partial charge in [-0.25, -0.2) is 0 Å². The summed E-state index contributed by atoms with van der Waals surface area (Å²) in [6.07, 6.45) is 17.8. The second-order valence-corrected chi connectivity index (χ2v) is 13.1. The molecule has 0 aliphatic rings. The Labute approximate surface area is 319 Å². The average molecular weight is 691 g/mol. The first-order valence-electron chi connectivity index (χ1n) is 18.2. The van der Waals surface area contributed by atoms with Gasteiger partial charge in [-0.05, 0) is 99.6 Å². The first-order valence-corrected chi connectivity index (χ1v) is 18.2. The van der Waals surface area contributed by atoms with Crippen molar-refractivity contribution < 1.29 is 0 Å². The molecule has 0 saturated carbocycles. The zero-order valence-corrected chi connectivity index (χ0v) is 30.5. The average Bonchev–Trinajstić information content (AvgIpc) is 3.22. The highest BCUT2D eigenvalue weighted by molar-refractivity contribution is 6.32. The van der Waals surface area contributed by atoms with Gasteiger partial charge in [0.2, 0.25) is 0 Å². The van der Waals surface area contributed by atoms with Gasteiger partial charge in [0.05, 0.1) is 0 Å². The van der Waals surface area contributed by atoms with Crippen LogP contribution in [0.15, 0.2) is 233 Å². The van der Waals surface area contributed by atoms with E-state index in [4.69, 9.17) is 6.58 Å². The van der Waals surface area contributed by atoms with Crippen molar-refractivity contribution in [2.45, 2.75) is 0 Å². The van der Waals surface area contributed by atoms with Crippen molar-refractivity contribution >= 4 is 49.0 Å². The molecule has 0 heteroatoms. The third-order valence-corrected chi connectivity index (χ3v) is 9.79. The molecule has 0 unspecified atom stereocenters. The fourth-order valence-corrected chi connectivity index (χ4v) is 7.61. The molecular formula is C54H42. The molecule has 0 bridgehead atoms. The molecule has 0 amide bonds. The molecule has 0 heterocycles. The molecule has 0 aliphatic carbocycles. The zero-order valence-electron chi connectivity index (χ0n) is 30.5. The van der Waals surface area contributed by atoms with Gasteiger partial charge >= 0.3 is 0 Å². The number of allylic oxidation sites excluding steroid dienone is 13. The van der Waals surface area contributed by atoms with Crippen molar-refractivity contribution in [3.8, 4) is 22.3 Å². The smallest absolute Gasteiger partial charge is 0.000138 e. The summed E-state index contributed by atoms with van der Waals surface area (Å²) in [7, 11) is 0. The number of benzene rings is 7. The fourth-order valence-electron chi connectivity index (χ4n) is 7.61. The number of hydrogen-bond donors (Lipinski definition) is 0. The summed E-state index contributed by atoms with van der Waals surface area (Å²) in [5.41, 5.74) is 11.7. The molecule has 0 saturated heterocycles. The monoisotopic (exact) mass is 690 g/mol. The molecule has 0 spiro atoms. The summed E-state index contributed by atoms with van der Waals surface area (Å²) < 4.78 is 0. The topological polar surface area (TPSA) is 0 Å². The SMILES string of the molecule is C=CC=CC(=C)C=C(C=CC=C)c1c2ccccc2c(C(=C)C(=CC=C)c2ccccc2)c2c(-c3ccccc3)c3ccccc3c(-c3ccccc3)c12. The van der Waals surface area contributed by atoms with E-state index in [1.165, 1.54) is 10.8 Å². The Balaban J connectivity index is 1.84. The van der Waals surface area contributed by atoms with Crippen molar-refractivity contribution in [1.82, 2.24) is 0 Å². The molecule has 0 fully saturated rings. The lowest BCUT2D eigenvalue weighted by Crippen LogP contribution is -2.01. The van der Waals surface area contributed by atoms with Crippen LogP contribution in [0.4, 0.5) is 0 Å². The third-order valence-electron chi connectivity index (χ3n) is 9.79. The van der Waals surface area contributed by atoms with Crippen molar-refractivity contribution in [3.05, 3.63) is 249 Å². The van der Waals surface area contributed by atoms with Crippen molar-refractivity contribution in [2.75, 3.05) is 0 Å². The second kappa shape index (κ2) is 16.1. The Kier molecular flexibility index (Phi) is 10.6. The lowest BCUT2D eigenvalue weighted by molar-refractivity contribution is 1.61. The normalized spacial score (nSPS) is 12.1. The van der Waals surface area contributed by atoms with Crippen LogP contribution in [0.2, 0.25) is 0 Å². The van der Waals surface area contributed by atoms with E-state index in [2.05, 4.69) is 178 Å². The van der Waals surface area contributed by atoms with Crippen LogP contribution in [0.25, 0.3) is 71.3 Å². The highest BCUT2D eigenvalue weighted by atomic mass is 14.3. The van der Waals surface area contributed by atoms with Crippen LogP contribution in [0.5, 0.6) is 0 Å². The first kappa shape index (κ1) is 35.4. The minimum Gasteiger partial charge on any atom is -0.0991 e. The number of fused-ring (bicyclic) bond motifs is 3. The second-order valence-electron chi connectivity index (χ2n) is 13.1. The van der Waals surface area contributed by atoms with E-state index in [9.17, 15) is 0 Å². The summed E-state index contributed by atoms with van der Waals surface area (Å²) in [6, 6.07) is 49.6. The molecule has 0 N–H and O–H groups in total. The Morgan fingerprint density at radius 1 is 0.444 bits per heavy atom. The highest BCUT2D eigenvalue weighted by Crippen LogP contribution is 2.52. The molecule has 54 heavy (non-hydrogen) atoms. The maximum atomic E-state index is 4.95. The van der Waals surface area contributed by atoms with Crippen LogP contribution >= 0.6 is 0 Å². The third kappa shape index (κ3) is 6.70. The van der Waals surface area contributed by atoms with Crippen LogP contribution in [-0.2, 0) is 0 Å². The quantitative estimate of drug-likeness (QED) is 0.0884. The van der Waals surface area contributed by atoms with Crippen LogP contribution < -0.4 is 0 Å². The Hall–Kier alpha value is -7.02. The van der Waals surface area contributed by atoms with Gasteiger partial charge in [0.1, 0.15) is 0 Å². The van der Waals surface area contributed by atoms with Gasteiger partial charge in [-0.15, -0.1) is 0 Å². The summed E-state index contributed by atoms with van der Waals surface area (Å²) in [5, 5.41) is 6.83. The van der Waals surface area contributed by atoms with Crippen LogP contribution in [0, 0.1) is 0 Å². The summed E-state index contributed by atoms with van der Waals surface area (Å²) in [5.74, 6) is 0. The molecule has 0 nitrogen and oxygen atoms in total. The predicted octanol–water partition coefficient (Wildman–Crippen LogP) is 15.2. The van der Waals surface area contributed by atoms with Crippen molar-refractivity contribution in [1.29, 1.82) is 0 Å². The zero-order chi connectivity index (χ0) is 37.4. The first-order chi connectivity index (χ1) is 26.6. The molecule has 0 aliphatic heterocycles. The summed E-state index contributed by atoms with van der Waals surface area (Å²) in [6.45, 7) is 21.5. The minimum atomic E-state index is 0.856. The van der Waals surface area contributed by atoms with Gasteiger partial charge in [-0.3, -0.25) is 0 Å². The van der Waals surface area contributed by atoms with Gasteiger partial charge in [0, 0.05) is 0 Å². The molecule has 0 aromatic heterocycles. The maximum absolute atomic E-state index is 4.95. The van der Waals surface area contributed by atoms with E-state index in [0.29, 0.717) is 0 Å². The van der Waals surface area contributed by atoms with Crippen molar-refractivity contribution in [3.63, 3.8) is 0 Å². The van der Waals surface area contributed by atoms with E-state index in [0.717, 1.165) is 82.8 Å². The molecule has 0 atom stereocenters. The van der Waals surface area contributed by atoms with Crippen LogP contribution in [0.1, 0.15) is 16.7 Å². The van der Waals surface area contributed by atoms with Gasteiger partial charge in [0.15, 0.2) is 0 Å². The van der Waals surface area contributed by atoms with Crippen LogP contribution in [-0.4, -0.2) is 0 Å². The van der Waals surface area contributed by atoms with Gasteiger partial charge in [0.25, 0.3) is 0 Å². The Morgan fingerprint density at radius 3 is 1.41 bits per heavy atom. The van der Waals surface area contributed by atoms with Crippen molar-refractivity contribution in [2.24, 2.45) is 0 Å². The molecule has 0 radical (unpaired) electrons. The van der Waals surface area contributed by atoms with Gasteiger partial charge in [-0.2, -0.15) is 0 Å². The van der Waals surface area contributed by atoms with E-state index in [-0.39, 0.29) is 0 Å². The predicted molar refractivity (Wildman–Crippen MR) is 239 cm³/mol. The molecule has 7 rings (SSSR count). The van der Waals surface area contributed by atoms with E-state index in [1.54, 1.807) is 6.08 Å². The highest BCUT2D eigenvalue weighted by Gasteiger charge is 2.27. The molecule has 7 aromatic carbocycles. The van der Waals surface area contributed by atoms with E-state index < -0.39 is 0 Å².